The molecule has 1 saturated heterocycles. The first kappa shape index (κ1) is 16.0. The molecule has 2 aromatic rings. The van der Waals surface area contributed by atoms with Crippen LogP contribution in [0.2, 0.25) is 0 Å². The standard InChI is InChI=1S/C17H20N4O3/c1-24-14-11-21(13-5-3-2-4-6-13)19-15(14)17(23)20-9-7-12(8-10-20)16(18)22/h2-6,11-12H,7-10H2,1H3,(H2,18,22). The van der Waals surface area contributed by atoms with Gasteiger partial charge in [0.1, 0.15) is 0 Å². The summed E-state index contributed by atoms with van der Waals surface area (Å²) < 4.78 is 6.94. The first-order valence-corrected chi connectivity index (χ1v) is 7.88. The average molecular weight is 328 g/mol. The molecule has 0 bridgehead atoms. The summed E-state index contributed by atoms with van der Waals surface area (Å²) in [6.45, 7) is 0.988. The number of methoxy groups -OCH3 is 1. The molecule has 7 heteroatoms. The number of primary amides is 1. The van der Waals surface area contributed by atoms with Crippen molar-refractivity contribution in [2.75, 3.05) is 20.2 Å². The first-order chi connectivity index (χ1) is 11.6. The van der Waals surface area contributed by atoms with Gasteiger partial charge in [0.25, 0.3) is 5.91 Å². The Balaban J connectivity index is 1.80. The third kappa shape index (κ3) is 3.10. The molecule has 0 spiro atoms. The third-order valence-corrected chi connectivity index (χ3v) is 4.31. The number of nitrogens with two attached hydrogens (primary N) is 1. The smallest absolute Gasteiger partial charge is 0.278 e. The summed E-state index contributed by atoms with van der Waals surface area (Å²) in [5, 5.41) is 4.39. The monoisotopic (exact) mass is 328 g/mol. The Morgan fingerprint density at radius 3 is 2.46 bits per heavy atom. The molecule has 1 aliphatic rings. The molecule has 24 heavy (non-hydrogen) atoms. The van der Waals surface area contributed by atoms with Crippen LogP contribution in [0.15, 0.2) is 36.5 Å². The van der Waals surface area contributed by atoms with Crippen LogP contribution in [0, 0.1) is 5.92 Å². The van der Waals surface area contributed by atoms with Gasteiger partial charge in [0, 0.05) is 19.0 Å². The molecule has 0 aliphatic carbocycles. The quantitative estimate of drug-likeness (QED) is 0.913. The number of amides is 2. The SMILES string of the molecule is COc1cn(-c2ccccc2)nc1C(=O)N1CCC(C(N)=O)CC1. The summed E-state index contributed by atoms with van der Waals surface area (Å²) in [6, 6.07) is 9.52. The number of carbonyl (C=O) groups is 2. The van der Waals surface area contributed by atoms with E-state index in [9.17, 15) is 9.59 Å². The van der Waals surface area contributed by atoms with E-state index in [2.05, 4.69) is 5.10 Å². The topological polar surface area (TPSA) is 90.5 Å². The number of hydrogen-bond acceptors (Lipinski definition) is 4. The van der Waals surface area contributed by atoms with Crippen molar-refractivity contribution >= 4 is 11.8 Å². The van der Waals surface area contributed by atoms with Crippen LogP contribution in [0.1, 0.15) is 23.3 Å². The Kier molecular flexibility index (Phi) is 4.50. The van der Waals surface area contributed by atoms with Gasteiger partial charge in [-0.2, -0.15) is 5.10 Å². The molecule has 1 fully saturated rings. The summed E-state index contributed by atoms with van der Waals surface area (Å²) in [6.07, 6.45) is 2.87. The lowest BCUT2D eigenvalue weighted by Gasteiger charge is -2.30. The zero-order chi connectivity index (χ0) is 17.1. The summed E-state index contributed by atoms with van der Waals surface area (Å²) >= 11 is 0. The van der Waals surface area contributed by atoms with Crippen LogP contribution in [-0.4, -0.2) is 46.7 Å². The molecule has 0 unspecified atom stereocenters. The second-order valence-corrected chi connectivity index (χ2v) is 5.80. The predicted octanol–water partition coefficient (Wildman–Crippen LogP) is 1.22. The zero-order valence-corrected chi connectivity index (χ0v) is 13.5. The van der Waals surface area contributed by atoms with E-state index in [-0.39, 0.29) is 23.4 Å². The molecule has 2 N–H and O–H groups in total. The third-order valence-electron chi connectivity index (χ3n) is 4.31. The molecule has 126 valence electrons. The molecule has 1 aromatic carbocycles. The number of benzene rings is 1. The highest BCUT2D eigenvalue weighted by Crippen LogP contribution is 2.24. The van der Waals surface area contributed by atoms with Gasteiger partial charge in [-0.1, -0.05) is 18.2 Å². The Labute approximate surface area is 140 Å². The number of hydrogen-bond donors (Lipinski definition) is 1. The number of nitrogens with zero attached hydrogens (tertiary/aromatic N) is 3. The molecule has 0 radical (unpaired) electrons. The fourth-order valence-electron chi connectivity index (χ4n) is 2.89. The fraction of sp³-hybridized carbons (Fsp3) is 0.353. The summed E-state index contributed by atoms with van der Waals surface area (Å²) in [4.78, 5) is 25.7. The molecule has 7 nitrogen and oxygen atoms in total. The number of carbonyl (C=O) groups excluding carboxylic acids is 2. The van der Waals surface area contributed by atoms with E-state index < -0.39 is 0 Å². The lowest BCUT2D eigenvalue weighted by atomic mass is 9.96. The Morgan fingerprint density at radius 1 is 1.21 bits per heavy atom. The molecule has 1 aliphatic heterocycles. The highest BCUT2D eigenvalue weighted by molar-refractivity contribution is 5.95. The minimum absolute atomic E-state index is 0.155. The van der Waals surface area contributed by atoms with Gasteiger partial charge >= 0.3 is 0 Å². The van der Waals surface area contributed by atoms with E-state index in [1.54, 1.807) is 15.8 Å². The van der Waals surface area contributed by atoms with Crippen LogP contribution < -0.4 is 10.5 Å². The molecule has 0 saturated carbocycles. The van der Waals surface area contributed by atoms with E-state index in [0.29, 0.717) is 31.7 Å². The molecular formula is C17H20N4O3. The molecule has 2 heterocycles. The Morgan fingerprint density at radius 2 is 1.88 bits per heavy atom. The summed E-state index contributed by atoms with van der Waals surface area (Å²) in [5.41, 5.74) is 6.46. The van der Waals surface area contributed by atoms with Gasteiger partial charge in [0.05, 0.1) is 19.0 Å². The number of rotatable bonds is 4. The minimum atomic E-state index is -0.298. The van der Waals surface area contributed by atoms with Crippen LogP contribution in [-0.2, 0) is 4.79 Å². The number of para-hydroxylation sites is 1. The van der Waals surface area contributed by atoms with E-state index in [1.165, 1.54) is 7.11 Å². The van der Waals surface area contributed by atoms with Crippen molar-refractivity contribution in [2.24, 2.45) is 11.7 Å². The Hall–Kier alpha value is -2.83. The lowest BCUT2D eigenvalue weighted by molar-refractivity contribution is -0.123. The van der Waals surface area contributed by atoms with E-state index in [1.807, 2.05) is 30.3 Å². The fourth-order valence-corrected chi connectivity index (χ4v) is 2.89. The number of likely N-dealkylation sites (tertiary alicyclic amines) is 1. The highest BCUT2D eigenvalue weighted by Gasteiger charge is 2.29. The van der Waals surface area contributed by atoms with E-state index in [0.717, 1.165) is 5.69 Å². The van der Waals surface area contributed by atoms with Crippen molar-refractivity contribution in [3.05, 3.63) is 42.2 Å². The Bertz CT molecular complexity index is 734. The summed E-state index contributed by atoms with van der Waals surface area (Å²) in [7, 11) is 1.52. The van der Waals surface area contributed by atoms with Crippen LogP contribution in [0.3, 0.4) is 0 Å². The van der Waals surface area contributed by atoms with Gasteiger partial charge in [0.2, 0.25) is 5.91 Å². The maximum Gasteiger partial charge on any atom is 0.278 e. The molecular weight excluding hydrogens is 308 g/mol. The molecule has 1 aromatic heterocycles. The van der Waals surface area contributed by atoms with Crippen LogP contribution in [0.25, 0.3) is 5.69 Å². The van der Waals surface area contributed by atoms with Gasteiger partial charge in [-0.05, 0) is 25.0 Å². The van der Waals surface area contributed by atoms with Crippen molar-refractivity contribution in [3.63, 3.8) is 0 Å². The number of piperidine rings is 1. The van der Waals surface area contributed by atoms with Gasteiger partial charge in [-0.3, -0.25) is 9.59 Å². The molecule has 0 atom stereocenters. The van der Waals surface area contributed by atoms with Crippen LogP contribution >= 0.6 is 0 Å². The second-order valence-electron chi connectivity index (χ2n) is 5.80. The molecule has 3 rings (SSSR count). The second kappa shape index (κ2) is 6.74. The maximum atomic E-state index is 12.8. The van der Waals surface area contributed by atoms with Crippen molar-refractivity contribution in [1.82, 2.24) is 14.7 Å². The molecule has 2 amide bonds. The average Bonchev–Trinajstić information content (AvgIpc) is 3.06. The van der Waals surface area contributed by atoms with Gasteiger partial charge < -0.3 is 15.4 Å². The zero-order valence-electron chi connectivity index (χ0n) is 13.5. The number of aromatic nitrogens is 2. The van der Waals surface area contributed by atoms with Crippen LogP contribution in [0.5, 0.6) is 5.75 Å². The van der Waals surface area contributed by atoms with Gasteiger partial charge in [-0.15, -0.1) is 0 Å². The van der Waals surface area contributed by atoms with Gasteiger partial charge in [0.15, 0.2) is 11.4 Å². The minimum Gasteiger partial charge on any atom is -0.493 e. The van der Waals surface area contributed by atoms with Crippen molar-refractivity contribution in [1.29, 1.82) is 0 Å². The van der Waals surface area contributed by atoms with Gasteiger partial charge in [-0.25, -0.2) is 4.68 Å². The summed E-state index contributed by atoms with van der Waals surface area (Å²) in [5.74, 6) is -0.212. The maximum absolute atomic E-state index is 12.8. The predicted molar refractivity (Wildman–Crippen MR) is 87.9 cm³/mol. The van der Waals surface area contributed by atoms with Crippen molar-refractivity contribution in [2.45, 2.75) is 12.8 Å². The lowest BCUT2D eigenvalue weighted by Crippen LogP contribution is -2.42. The first-order valence-electron chi connectivity index (χ1n) is 7.88. The largest absolute Gasteiger partial charge is 0.493 e. The highest BCUT2D eigenvalue weighted by atomic mass is 16.5. The normalized spacial score (nSPS) is 15.3. The van der Waals surface area contributed by atoms with E-state index >= 15 is 0 Å². The number of ether oxygens (including phenoxy) is 1. The van der Waals surface area contributed by atoms with E-state index in [4.69, 9.17) is 10.5 Å². The van der Waals surface area contributed by atoms with Crippen LogP contribution in [0.4, 0.5) is 0 Å². The van der Waals surface area contributed by atoms with Crippen molar-refractivity contribution in [3.8, 4) is 11.4 Å². The van der Waals surface area contributed by atoms with Crippen molar-refractivity contribution < 1.29 is 14.3 Å².